The molecule has 0 saturated heterocycles. The Morgan fingerprint density at radius 3 is 1.56 bits per heavy atom. The van der Waals surface area contributed by atoms with Crippen molar-refractivity contribution in [2.45, 2.75) is 46.7 Å². The predicted octanol–water partition coefficient (Wildman–Crippen LogP) is 3.39. The molecule has 16 heavy (non-hydrogen) atoms. The topological polar surface area (TPSA) is 29.3 Å². The quantitative estimate of drug-likeness (QED) is 0.794. The molecule has 92 valence electrons. The van der Waals surface area contributed by atoms with E-state index in [1.54, 1.807) is 0 Å². The smallest absolute Gasteiger partial charge is 0.0313 e. The normalized spacial score (nSPS) is 10.5. The summed E-state index contributed by atoms with van der Waals surface area (Å²) >= 11 is 0. The van der Waals surface area contributed by atoms with Crippen LogP contribution in [0.3, 0.4) is 0 Å². The van der Waals surface area contributed by atoms with E-state index in [9.17, 15) is 0 Å². The molecule has 1 aromatic rings. The van der Waals surface area contributed by atoms with Gasteiger partial charge in [-0.2, -0.15) is 0 Å². The predicted molar refractivity (Wildman–Crippen MR) is 73.5 cm³/mol. The van der Waals surface area contributed by atoms with Gasteiger partial charge in [-0.1, -0.05) is 25.1 Å². The lowest BCUT2D eigenvalue weighted by atomic mass is 10.2. The van der Waals surface area contributed by atoms with Crippen molar-refractivity contribution in [2.75, 3.05) is 12.3 Å². The number of rotatable bonds is 3. The number of hydrogen-bond donors (Lipinski definition) is 1. The molecule has 1 aromatic carbocycles. The van der Waals surface area contributed by atoms with Crippen molar-refractivity contribution in [3.8, 4) is 0 Å². The highest BCUT2D eigenvalue weighted by atomic mass is 15.2. The van der Waals surface area contributed by atoms with E-state index in [-0.39, 0.29) is 0 Å². The molecule has 0 spiro atoms. The van der Waals surface area contributed by atoms with E-state index in [2.05, 4.69) is 39.5 Å². The largest absolute Gasteiger partial charge is 0.399 e. The van der Waals surface area contributed by atoms with Gasteiger partial charge in [-0.3, -0.25) is 4.90 Å². The van der Waals surface area contributed by atoms with Crippen molar-refractivity contribution in [1.82, 2.24) is 4.90 Å². The van der Waals surface area contributed by atoms with Gasteiger partial charge in [0, 0.05) is 17.8 Å². The Labute approximate surface area is 100 Å². The average Bonchev–Trinajstić information content (AvgIpc) is 2.19. The minimum Gasteiger partial charge on any atom is -0.399 e. The lowest BCUT2D eigenvalue weighted by Gasteiger charge is -2.28. The molecule has 0 aliphatic rings. The summed E-state index contributed by atoms with van der Waals surface area (Å²) in [6, 6.07) is 10.9. The van der Waals surface area contributed by atoms with Crippen LogP contribution in [0.2, 0.25) is 0 Å². The van der Waals surface area contributed by atoms with Gasteiger partial charge in [-0.05, 0) is 46.4 Å². The number of nitrogen functional groups attached to an aromatic ring is 1. The summed E-state index contributed by atoms with van der Waals surface area (Å²) in [5, 5.41) is 0. The molecule has 0 unspecified atom stereocenters. The molecule has 1 rings (SSSR count). The van der Waals surface area contributed by atoms with Crippen LogP contribution in [-0.2, 0) is 0 Å². The summed E-state index contributed by atoms with van der Waals surface area (Å²) in [5.41, 5.74) is 6.18. The number of hydrogen-bond acceptors (Lipinski definition) is 2. The van der Waals surface area contributed by atoms with Gasteiger partial charge in [-0.25, -0.2) is 0 Å². The Kier molecular flexibility index (Phi) is 7.65. The van der Waals surface area contributed by atoms with Gasteiger partial charge in [-0.15, -0.1) is 0 Å². The van der Waals surface area contributed by atoms with Crippen molar-refractivity contribution in [3.05, 3.63) is 30.3 Å². The Hall–Kier alpha value is -1.02. The van der Waals surface area contributed by atoms with Gasteiger partial charge in [0.05, 0.1) is 0 Å². The molecular formula is C14H26N2. The summed E-state index contributed by atoms with van der Waals surface area (Å²) in [6.07, 6.45) is 0. The number of anilines is 1. The molecule has 2 heteroatoms. The highest BCUT2D eigenvalue weighted by Gasteiger charge is 2.08. The van der Waals surface area contributed by atoms with Crippen molar-refractivity contribution in [2.24, 2.45) is 0 Å². The second-order valence-corrected chi connectivity index (χ2v) is 4.43. The van der Waals surface area contributed by atoms with Gasteiger partial charge in [0.25, 0.3) is 0 Å². The molecule has 0 radical (unpaired) electrons. The zero-order valence-electron chi connectivity index (χ0n) is 11.3. The van der Waals surface area contributed by atoms with Gasteiger partial charge >= 0.3 is 0 Å². The third-order valence-corrected chi connectivity index (χ3v) is 2.49. The molecule has 0 atom stereocenters. The van der Waals surface area contributed by atoms with Crippen LogP contribution in [0.5, 0.6) is 0 Å². The number of benzene rings is 1. The van der Waals surface area contributed by atoms with Crippen LogP contribution in [0.1, 0.15) is 34.6 Å². The van der Waals surface area contributed by atoms with Crippen molar-refractivity contribution < 1.29 is 0 Å². The van der Waals surface area contributed by atoms with E-state index < -0.39 is 0 Å². The van der Waals surface area contributed by atoms with E-state index in [0.29, 0.717) is 12.1 Å². The Morgan fingerprint density at radius 1 is 1.00 bits per heavy atom. The highest BCUT2D eigenvalue weighted by Crippen LogP contribution is 2.02. The monoisotopic (exact) mass is 222 g/mol. The molecule has 0 heterocycles. The SMILES string of the molecule is CCN(C(C)C)C(C)C.Nc1ccccc1. The average molecular weight is 222 g/mol. The van der Waals surface area contributed by atoms with Crippen LogP contribution in [0.15, 0.2) is 30.3 Å². The minimum absolute atomic E-state index is 0.690. The van der Waals surface area contributed by atoms with E-state index in [0.717, 1.165) is 12.2 Å². The van der Waals surface area contributed by atoms with Crippen LogP contribution >= 0.6 is 0 Å². The summed E-state index contributed by atoms with van der Waals surface area (Å²) in [4.78, 5) is 2.46. The molecule has 0 saturated carbocycles. The fourth-order valence-corrected chi connectivity index (χ4v) is 1.78. The van der Waals surface area contributed by atoms with Crippen LogP contribution in [0.4, 0.5) is 5.69 Å². The van der Waals surface area contributed by atoms with Gasteiger partial charge in [0.1, 0.15) is 0 Å². The Morgan fingerprint density at radius 2 is 1.44 bits per heavy atom. The fraction of sp³-hybridized carbons (Fsp3) is 0.571. The van der Waals surface area contributed by atoms with E-state index in [4.69, 9.17) is 5.73 Å². The van der Waals surface area contributed by atoms with Crippen LogP contribution < -0.4 is 5.73 Å². The molecular weight excluding hydrogens is 196 g/mol. The maximum atomic E-state index is 5.36. The Bertz CT molecular complexity index is 247. The standard InChI is InChI=1S/C8H19N.C6H7N/c1-6-9(7(2)3)8(4)5;7-6-4-2-1-3-5-6/h7-8H,6H2,1-5H3;1-5H,7H2. The third-order valence-electron chi connectivity index (χ3n) is 2.49. The third kappa shape index (κ3) is 6.46. The van der Waals surface area contributed by atoms with Crippen molar-refractivity contribution >= 4 is 5.69 Å². The van der Waals surface area contributed by atoms with Crippen LogP contribution in [-0.4, -0.2) is 23.5 Å². The van der Waals surface area contributed by atoms with E-state index in [1.165, 1.54) is 0 Å². The molecule has 0 amide bonds. The van der Waals surface area contributed by atoms with Crippen molar-refractivity contribution in [3.63, 3.8) is 0 Å². The second kappa shape index (κ2) is 8.17. The van der Waals surface area contributed by atoms with E-state index in [1.807, 2.05) is 30.3 Å². The molecule has 2 nitrogen and oxygen atoms in total. The first-order chi connectivity index (χ1) is 7.49. The minimum atomic E-state index is 0.690. The highest BCUT2D eigenvalue weighted by molar-refractivity contribution is 5.35. The molecule has 0 aliphatic carbocycles. The molecule has 2 N–H and O–H groups in total. The fourth-order valence-electron chi connectivity index (χ4n) is 1.78. The summed E-state index contributed by atoms with van der Waals surface area (Å²) < 4.78 is 0. The first-order valence-corrected chi connectivity index (χ1v) is 6.05. The second-order valence-electron chi connectivity index (χ2n) is 4.43. The Balaban J connectivity index is 0.000000288. The lowest BCUT2D eigenvalue weighted by Crippen LogP contribution is -2.36. The molecule has 0 bridgehead atoms. The number of para-hydroxylation sites is 1. The summed E-state index contributed by atoms with van der Waals surface area (Å²) in [6.45, 7) is 12.3. The zero-order valence-corrected chi connectivity index (χ0v) is 11.3. The van der Waals surface area contributed by atoms with Crippen LogP contribution in [0, 0.1) is 0 Å². The number of nitrogens with zero attached hydrogens (tertiary/aromatic N) is 1. The summed E-state index contributed by atoms with van der Waals surface area (Å²) in [5.74, 6) is 0. The van der Waals surface area contributed by atoms with Gasteiger partial charge < -0.3 is 5.73 Å². The lowest BCUT2D eigenvalue weighted by molar-refractivity contribution is 0.185. The summed E-state index contributed by atoms with van der Waals surface area (Å²) in [7, 11) is 0. The van der Waals surface area contributed by atoms with Gasteiger partial charge in [0.2, 0.25) is 0 Å². The first kappa shape index (κ1) is 15.0. The maximum absolute atomic E-state index is 5.36. The zero-order chi connectivity index (χ0) is 12.6. The maximum Gasteiger partial charge on any atom is 0.0313 e. The molecule has 0 aliphatic heterocycles. The van der Waals surface area contributed by atoms with Crippen LogP contribution in [0.25, 0.3) is 0 Å². The van der Waals surface area contributed by atoms with Gasteiger partial charge in [0.15, 0.2) is 0 Å². The van der Waals surface area contributed by atoms with E-state index >= 15 is 0 Å². The molecule has 0 fully saturated rings. The van der Waals surface area contributed by atoms with Crippen molar-refractivity contribution in [1.29, 1.82) is 0 Å². The number of nitrogens with two attached hydrogens (primary N) is 1. The molecule has 0 aromatic heterocycles. The first-order valence-electron chi connectivity index (χ1n) is 6.05.